The Hall–Kier alpha value is -2.23. The van der Waals surface area contributed by atoms with Crippen molar-refractivity contribution in [3.63, 3.8) is 0 Å². The maximum atomic E-state index is 12.9. The quantitative estimate of drug-likeness (QED) is 0.473. The molecule has 3 heterocycles. The maximum Gasteiger partial charge on any atom is 0.276 e. The summed E-state index contributed by atoms with van der Waals surface area (Å²) >= 11 is 3.45. The summed E-state index contributed by atoms with van der Waals surface area (Å²) < 4.78 is 13.7. The molecule has 2 aliphatic heterocycles. The second-order valence-corrected chi connectivity index (χ2v) is 8.90. The van der Waals surface area contributed by atoms with Gasteiger partial charge in [-0.3, -0.25) is 14.5 Å². The second-order valence-electron chi connectivity index (χ2n) is 7.99. The monoisotopic (exact) mass is 489 g/mol. The third kappa shape index (κ3) is 5.93. The zero-order valence-electron chi connectivity index (χ0n) is 17.4. The van der Waals surface area contributed by atoms with Gasteiger partial charge in [0.15, 0.2) is 5.69 Å². The number of aromatic nitrogens is 2. The number of halogens is 1. The third-order valence-corrected chi connectivity index (χ3v) is 6.07. The first kappa shape index (κ1) is 22.0. The van der Waals surface area contributed by atoms with Crippen LogP contribution in [-0.4, -0.2) is 48.0 Å². The Morgan fingerprint density at radius 1 is 1.29 bits per heavy atom. The van der Waals surface area contributed by atoms with Gasteiger partial charge in [-0.05, 0) is 56.2 Å². The van der Waals surface area contributed by atoms with E-state index in [-0.39, 0.29) is 12.1 Å². The molecule has 2 aliphatic rings. The van der Waals surface area contributed by atoms with Crippen molar-refractivity contribution in [3.05, 3.63) is 40.1 Å². The highest BCUT2D eigenvalue weighted by molar-refractivity contribution is 9.10. The lowest BCUT2D eigenvalue weighted by atomic mass is 10.0. The summed E-state index contributed by atoms with van der Waals surface area (Å²) in [5, 5.41) is 7.40. The summed E-state index contributed by atoms with van der Waals surface area (Å²) in [4.78, 5) is 17.4. The van der Waals surface area contributed by atoms with Crippen LogP contribution in [0.25, 0.3) is 0 Å². The molecule has 3 N–H and O–H groups in total. The van der Waals surface area contributed by atoms with Crippen LogP contribution < -0.4 is 11.1 Å². The molecule has 2 aromatic rings. The SMILES string of the molecule is Nc1cc(Br)cc(NC(=O)c2ccn(CC3CCOCC3)n2)c1C=NC1CCCCO1. The topological polar surface area (TPSA) is 104 Å². The van der Waals surface area contributed by atoms with Gasteiger partial charge < -0.3 is 20.5 Å². The lowest BCUT2D eigenvalue weighted by molar-refractivity contribution is 0.0227. The molecule has 0 spiro atoms. The molecule has 2 fully saturated rings. The Balaban J connectivity index is 1.46. The van der Waals surface area contributed by atoms with E-state index in [0.717, 1.165) is 62.9 Å². The molecule has 1 aromatic carbocycles. The zero-order chi connectivity index (χ0) is 21.6. The average molecular weight is 490 g/mol. The number of nitrogens with zero attached hydrogens (tertiary/aromatic N) is 3. The number of carbonyl (C=O) groups excluding carboxylic acids is 1. The maximum absolute atomic E-state index is 12.9. The highest BCUT2D eigenvalue weighted by Gasteiger charge is 2.18. The summed E-state index contributed by atoms with van der Waals surface area (Å²) in [5.41, 5.74) is 8.34. The number of benzene rings is 1. The van der Waals surface area contributed by atoms with Crippen molar-refractivity contribution < 1.29 is 14.3 Å². The van der Waals surface area contributed by atoms with Crippen molar-refractivity contribution >= 4 is 39.4 Å². The molecular weight excluding hydrogens is 462 g/mol. The number of nitrogens with two attached hydrogens (primary N) is 1. The Morgan fingerprint density at radius 2 is 2.13 bits per heavy atom. The normalized spacial score (nSPS) is 20.2. The minimum Gasteiger partial charge on any atom is -0.398 e. The molecule has 4 rings (SSSR count). The van der Waals surface area contributed by atoms with Crippen LogP contribution >= 0.6 is 15.9 Å². The number of ether oxygens (including phenoxy) is 2. The van der Waals surface area contributed by atoms with Crippen LogP contribution in [0, 0.1) is 5.92 Å². The number of hydrogen-bond acceptors (Lipinski definition) is 6. The van der Waals surface area contributed by atoms with Gasteiger partial charge in [0.2, 0.25) is 0 Å². The van der Waals surface area contributed by atoms with Crippen molar-refractivity contribution in [1.29, 1.82) is 0 Å². The van der Waals surface area contributed by atoms with E-state index in [1.807, 2.05) is 16.9 Å². The predicted octanol–water partition coefficient (Wildman–Crippen LogP) is 3.85. The number of nitrogens with one attached hydrogen (secondary N) is 1. The van der Waals surface area contributed by atoms with Crippen molar-refractivity contribution in [2.45, 2.75) is 44.9 Å². The van der Waals surface area contributed by atoms with Crippen molar-refractivity contribution in [1.82, 2.24) is 9.78 Å². The van der Waals surface area contributed by atoms with Gasteiger partial charge in [0.1, 0.15) is 6.23 Å². The number of aliphatic imine (C=N–C) groups is 1. The first-order valence-electron chi connectivity index (χ1n) is 10.7. The van der Waals surface area contributed by atoms with Crippen LogP contribution in [0.4, 0.5) is 11.4 Å². The standard InChI is InChI=1S/C22H28BrN5O3/c23-16-11-18(24)17(13-25-21-3-1-2-8-31-21)20(12-16)26-22(29)19-4-7-28(27-19)14-15-5-9-30-10-6-15/h4,7,11-13,15,21H,1-3,5-6,8-10,14,24H2,(H,26,29). The number of hydrogen-bond donors (Lipinski definition) is 2. The summed E-state index contributed by atoms with van der Waals surface area (Å²) in [6.07, 6.45) is 8.46. The molecule has 0 saturated carbocycles. The molecule has 0 bridgehead atoms. The van der Waals surface area contributed by atoms with Crippen LogP contribution in [0.3, 0.4) is 0 Å². The van der Waals surface area contributed by atoms with Gasteiger partial charge in [-0.2, -0.15) is 5.10 Å². The van der Waals surface area contributed by atoms with Gasteiger partial charge in [0, 0.05) is 54.5 Å². The fourth-order valence-electron chi connectivity index (χ4n) is 3.85. The number of anilines is 2. The second kappa shape index (κ2) is 10.4. The summed E-state index contributed by atoms with van der Waals surface area (Å²) in [7, 11) is 0. The first-order chi connectivity index (χ1) is 15.1. The highest BCUT2D eigenvalue weighted by atomic mass is 79.9. The number of amides is 1. The largest absolute Gasteiger partial charge is 0.398 e. The van der Waals surface area contributed by atoms with E-state index in [1.165, 1.54) is 0 Å². The van der Waals surface area contributed by atoms with E-state index in [2.05, 4.69) is 31.3 Å². The average Bonchev–Trinajstić information content (AvgIpc) is 3.23. The van der Waals surface area contributed by atoms with Crippen LogP contribution in [0.15, 0.2) is 33.9 Å². The summed E-state index contributed by atoms with van der Waals surface area (Å²) in [6, 6.07) is 5.34. The van der Waals surface area contributed by atoms with E-state index >= 15 is 0 Å². The molecular formula is C22H28BrN5O3. The minimum atomic E-state index is -0.285. The number of rotatable bonds is 6. The fourth-order valence-corrected chi connectivity index (χ4v) is 4.33. The van der Waals surface area contributed by atoms with E-state index in [1.54, 1.807) is 18.3 Å². The van der Waals surface area contributed by atoms with Crippen LogP contribution in [0.5, 0.6) is 0 Å². The van der Waals surface area contributed by atoms with Crippen molar-refractivity contribution in [2.24, 2.45) is 10.9 Å². The molecule has 1 atom stereocenters. The van der Waals surface area contributed by atoms with Crippen molar-refractivity contribution in [2.75, 3.05) is 30.9 Å². The molecule has 0 radical (unpaired) electrons. The van der Waals surface area contributed by atoms with E-state index in [0.29, 0.717) is 28.6 Å². The third-order valence-electron chi connectivity index (χ3n) is 5.61. The summed E-state index contributed by atoms with van der Waals surface area (Å²) in [5.74, 6) is 0.242. The molecule has 166 valence electrons. The Kier molecular flexibility index (Phi) is 7.37. The van der Waals surface area contributed by atoms with Gasteiger partial charge in [-0.15, -0.1) is 0 Å². The van der Waals surface area contributed by atoms with Crippen LogP contribution in [-0.2, 0) is 16.0 Å². The minimum absolute atomic E-state index is 0.166. The van der Waals surface area contributed by atoms with Gasteiger partial charge in [0.25, 0.3) is 5.91 Å². The summed E-state index contributed by atoms with van der Waals surface area (Å²) in [6.45, 7) is 3.09. The highest BCUT2D eigenvalue weighted by Crippen LogP contribution is 2.27. The Bertz CT molecular complexity index is 933. The smallest absolute Gasteiger partial charge is 0.276 e. The van der Waals surface area contributed by atoms with Gasteiger partial charge in [-0.1, -0.05) is 15.9 Å². The molecule has 8 nitrogen and oxygen atoms in total. The molecule has 9 heteroatoms. The Labute approximate surface area is 190 Å². The van der Waals surface area contributed by atoms with Crippen LogP contribution in [0.2, 0.25) is 0 Å². The fraction of sp³-hybridized carbons (Fsp3) is 0.500. The molecule has 0 aliphatic carbocycles. The molecule has 2 saturated heterocycles. The first-order valence-corrected chi connectivity index (χ1v) is 11.5. The molecule has 1 amide bonds. The van der Waals surface area contributed by atoms with E-state index in [9.17, 15) is 4.79 Å². The predicted molar refractivity (Wildman–Crippen MR) is 123 cm³/mol. The van der Waals surface area contributed by atoms with Crippen LogP contribution in [0.1, 0.15) is 48.2 Å². The molecule has 31 heavy (non-hydrogen) atoms. The lowest BCUT2D eigenvalue weighted by Crippen LogP contribution is -2.21. The molecule has 1 unspecified atom stereocenters. The van der Waals surface area contributed by atoms with Gasteiger partial charge in [0.05, 0.1) is 5.69 Å². The lowest BCUT2D eigenvalue weighted by Gasteiger charge is -2.21. The van der Waals surface area contributed by atoms with Crippen molar-refractivity contribution in [3.8, 4) is 0 Å². The van der Waals surface area contributed by atoms with Gasteiger partial charge in [-0.25, -0.2) is 0 Å². The van der Waals surface area contributed by atoms with Gasteiger partial charge >= 0.3 is 0 Å². The van der Waals surface area contributed by atoms with E-state index < -0.39 is 0 Å². The zero-order valence-corrected chi connectivity index (χ0v) is 19.0. The Morgan fingerprint density at radius 3 is 2.90 bits per heavy atom. The number of nitrogen functional groups attached to an aromatic ring is 1. The number of carbonyl (C=O) groups is 1. The molecule has 1 aromatic heterocycles. The van der Waals surface area contributed by atoms with E-state index in [4.69, 9.17) is 15.2 Å².